The van der Waals surface area contributed by atoms with Gasteiger partial charge in [0.05, 0.1) is 11.4 Å². The van der Waals surface area contributed by atoms with E-state index in [1.54, 1.807) is 0 Å². The standard InChI is InChI=1S/C13H17N3O/c1-8-5-9(2)12-10(6-8)16-4-3-14-7-11(16)13(17)15-12/h5-6,11,14H,3-4,7H2,1-2H3,(H,15,17). The highest BCUT2D eigenvalue weighted by atomic mass is 16.2. The highest BCUT2D eigenvalue weighted by Gasteiger charge is 2.35. The summed E-state index contributed by atoms with van der Waals surface area (Å²) in [6, 6.07) is 4.22. The van der Waals surface area contributed by atoms with Crippen molar-refractivity contribution in [2.45, 2.75) is 19.9 Å². The molecule has 2 heterocycles. The molecule has 1 atom stereocenters. The summed E-state index contributed by atoms with van der Waals surface area (Å²) in [5, 5.41) is 6.31. The summed E-state index contributed by atoms with van der Waals surface area (Å²) in [5.41, 5.74) is 4.55. The van der Waals surface area contributed by atoms with Crippen LogP contribution in [0.5, 0.6) is 0 Å². The number of anilines is 2. The van der Waals surface area contributed by atoms with Gasteiger partial charge in [-0.1, -0.05) is 6.07 Å². The smallest absolute Gasteiger partial charge is 0.248 e. The van der Waals surface area contributed by atoms with Crippen LogP contribution in [0.1, 0.15) is 11.1 Å². The van der Waals surface area contributed by atoms with Gasteiger partial charge in [-0.25, -0.2) is 0 Å². The molecule has 0 spiro atoms. The molecule has 3 rings (SSSR count). The van der Waals surface area contributed by atoms with Gasteiger partial charge >= 0.3 is 0 Å². The van der Waals surface area contributed by atoms with Crippen LogP contribution in [-0.4, -0.2) is 31.6 Å². The van der Waals surface area contributed by atoms with Gasteiger partial charge in [0.15, 0.2) is 0 Å². The summed E-state index contributed by atoms with van der Waals surface area (Å²) in [4.78, 5) is 14.3. The molecular formula is C13H17N3O. The minimum atomic E-state index is -0.0579. The fourth-order valence-corrected chi connectivity index (χ4v) is 2.77. The Bertz CT molecular complexity index is 484. The molecule has 0 radical (unpaired) electrons. The van der Waals surface area contributed by atoms with Crippen molar-refractivity contribution in [3.63, 3.8) is 0 Å². The normalized spacial score (nSPS) is 22.8. The SMILES string of the molecule is Cc1cc(C)c2c(c1)N1CCNCC1C(=O)N2. The van der Waals surface area contributed by atoms with Gasteiger partial charge < -0.3 is 15.5 Å². The molecule has 90 valence electrons. The Hall–Kier alpha value is -1.55. The predicted octanol–water partition coefficient (Wildman–Crippen LogP) is 1.03. The zero-order valence-electron chi connectivity index (χ0n) is 10.2. The largest absolute Gasteiger partial charge is 0.355 e. The maximum atomic E-state index is 12.0. The van der Waals surface area contributed by atoms with Crippen LogP contribution < -0.4 is 15.5 Å². The quantitative estimate of drug-likeness (QED) is 0.701. The molecule has 2 aliphatic heterocycles. The number of nitrogens with zero attached hydrogens (tertiary/aromatic N) is 1. The summed E-state index contributed by atoms with van der Waals surface area (Å²) < 4.78 is 0. The van der Waals surface area contributed by atoms with E-state index in [1.807, 2.05) is 0 Å². The molecule has 2 N–H and O–H groups in total. The maximum absolute atomic E-state index is 12.0. The van der Waals surface area contributed by atoms with Crippen LogP contribution in [0.3, 0.4) is 0 Å². The van der Waals surface area contributed by atoms with E-state index in [9.17, 15) is 4.79 Å². The van der Waals surface area contributed by atoms with Crippen molar-refractivity contribution in [3.8, 4) is 0 Å². The second-order valence-corrected chi connectivity index (χ2v) is 4.88. The Labute approximate surface area is 101 Å². The fourth-order valence-electron chi connectivity index (χ4n) is 2.77. The van der Waals surface area contributed by atoms with E-state index in [4.69, 9.17) is 0 Å². The Morgan fingerprint density at radius 2 is 2.18 bits per heavy atom. The van der Waals surface area contributed by atoms with Crippen molar-refractivity contribution in [2.75, 3.05) is 29.9 Å². The van der Waals surface area contributed by atoms with Crippen molar-refractivity contribution >= 4 is 17.3 Å². The molecule has 0 aromatic heterocycles. The van der Waals surface area contributed by atoms with E-state index >= 15 is 0 Å². The lowest BCUT2D eigenvalue weighted by Crippen LogP contribution is -2.59. The Morgan fingerprint density at radius 3 is 3.00 bits per heavy atom. The number of hydrogen-bond donors (Lipinski definition) is 2. The average molecular weight is 231 g/mol. The van der Waals surface area contributed by atoms with Crippen LogP contribution in [0.4, 0.5) is 11.4 Å². The fraction of sp³-hybridized carbons (Fsp3) is 0.462. The Kier molecular flexibility index (Phi) is 2.33. The van der Waals surface area contributed by atoms with Crippen molar-refractivity contribution in [1.82, 2.24) is 5.32 Å². The van der Waals surface area contributed by atoms with Gasteiger partial charge in [0.25, 0.3) is 0 Å². The highest BCUT2D eigenvalue weighted by Crippen LogP contribution is 2.36. The number of nitrogens with one attached hydrogen (secondary N) is 2. The van der Waals surface area contributed by atoms with Crippen LogP contribution in [-0.2, 0) is 4.79 Å². The number of benzene rings is 1. The number of hydrogen-bond acceptors (Lipinski definition) is 3. The zero-order chi connectivity index (χ0) is 12.0. The second-order valence-electron chi connectivity index (χ2n) is 4.88. The minimum Gasteiger partial charge on any atom is -0.355 e. The first-order valence-corrected chi connectivity index (χ1v) is 6.06. The highest BCUT2D eigenvalue weighted by molar-refractivity contribution is 6.04. The monoisotopic (exact) mass is 231 g/mol. The first-order chi connectivity index (χ1) is 8.16. The van der Waals surface area contributed by atoms with E-state index in [0.717, 1.165) is 30.9 Å². The summed E-state index contributed by atoms with van der Waals surface area (Å²) in [5.74, 6) is 0.108. The summed E-state index contributed by atoms with van der Waals surface area (Å²) in [7, 11) is 0. The van der Waals surface area contributed by atoms with E-state index in [1.165, 1.54) is 11.3 Å². The Morgan fingerprint density at radius 1 is 1.35 bits per heavy atom. The van der Waals surface area contributed by atoms with Gasteiger partial charge in [-0.05, 0) is 31.0 Å². The molecule has 1 unspecified atom stereocenters. The molecule has 17 heavy (non-hydrogen) atoms. The van der Waals surface area contributed by atoms with Crippen LogP contribution >= 0.6 is 0 Å². The Balaban J connectivity index is 2.13. The number of rotatable bonds is 0. The topological polar surface area (TPSA) is 44.4 Å². The lowest BCUT2D eigenvalue weighted by atomic mass is 10.0. The molecular weight excluding hydrogens is 214 g/mol. The second kappa shape index (κ2) is 3.74. The number of carbonyl (C=O) groups excluding carboxylic acids is 1. The van der Waals surface area contributed by atoms with Crippen LogP contribution in [0.15, 0.2) is 12.1 Å². The van der Waals surface area contributed by atoms with Crippen molar-refractivity contribution in [3.05, 3.63) is 23.3 Å². The maximum Gasteiger partial charge on any atom is 0.248 e. The van der Waals surface area contributed by atoms with Gasteiger partial charge in [0.2, 0.25) is 5.91 Å². The molecule has 0 saturated carbocycles. The van der Waals surface area contributed by atoms with E-state index in [2.05, 4.69) is 41.5 Å². The van der Waals surface area contributed by atoms with E-state index in [0.29, 0.717) is 0 Å². The van der Waals surface area contributed by atoms with Gasteiger partial charge in [0.1, 0.15) is 6.04 Å². The molecule has 4 heteroatoms. The minimum absolute atomic E-state index is 0.0579. The predicted molar refractivity (Wildman–Crippen MR) is 68.5 cm³/mol. The summed E-state index contributed by atoms with van der Waals surface area (Å²) >= 11 is 0. The van der Waals surface area contributed by atoms with E-state index in [-0.39, 0.29) is 11.9 Å². The van der Waals surface area contributed by atoms with Crippen LogP contribution in [0.25, 0.3) is 0 Å². The van der Waals surface area contributed by atoms with Gasteiger partial charge in [-0.2, -0.15) is 0 Å². The third-order valence-corrected chi connectivity index (χ3v) is 3.56. The van der Waals surface area contributed by atoms with Gasteiger partial charge in [-0.3, -0.25) is 4.79 Å². The van der Waals surface area contributed by atoms with Crippen molar-refractivity contribution < 1.29 is 4.79 Å². The molecule has 1 saturated heterocycles. The van der Waals surface area contributed by atoms with Gasteiger partial charge in [-0.15, -0.1) is 0 Å². The lowest BCUT2D eigenvalue weighted by molar-refractivity contribution is -0.117. The lowest BCUT2D eigenvalue weighted by Gasteiger charge is -2.42. The zero-order valence-corrected chi connectivity index (χ0v) is 10.2. The van der Waals surface area contributed by atoms with E-state index < -0.39 is 0 Å². The number of aryl methyl sites for hydroxylation is 2. The van der Waals surface area contributed by atoms with Gasteiger partial charge in [0, 0.05) is 19.6 Å². The number of piperazine rings is 1. The molecule has 2 aliphatic rings. The third kappa shape index (κ3) is 1.60. The number of amides is 1. The summed E-state index contributed by atoms with van der Waals surface area (Å²) in [6.07, 6.45) is 0. The molecule has 1 aromatic carbocycles. The van der Waals surface area contributed by atoms with Crippen LogP contribution in [0, 0.1) is 13.8 Å². The first kappa shape index (κ1) is 10.6. The third-order valence-electron chi connectivity index (χ3n) is 3.56. The molecule has 0 aliphatic carbocycles. The van der Waals surface area contributed by atoms with Crippen molar-refractivity contribution in [2.24, 2.45) is 0 Å². The number of fused-ring (bicyclic) bond motifs is 3. The average Bonchev–Trinajstić information content (AvgIpc) is 2.31. The first-order valence-electron chi connectivity index (χ1n) is 6.06. The number of carbonyl (C=O) groups is 1. The van der Waals surface area contributed by atoms with Crippen LogP contribution in [0.2, 0.25) is 0 Å². The van der Waals surface area contributed by atoms with Crippen molar-refractivity contribution in [1.29, 1.82) is 0 Å². The molecule has 0 bridgehead atoms. The molecule has 4 nitrogen and oxygen atoms in total. The summed E-state index contributed by atoms with van der Waals surface area (Å²) in [6.45, 7) is 6.72. The molecule has 1 aromatic rings. The molecule has 1 amide bonds. The molecule has 1 fully saturated rings.